The summed E-state index contributed by atoms with van der Waals surface area (Å²) < 4.78 is 41.4. The van der Waals surface area contributed by atoms with Gasteiger partial charge in [-0.05, 0) is 49.0 Å². The van der Waals surface area contributed by atoms with Crippen molar-refractivity contribution in [3.63, 3.8) is 0 Å². The second-order valence-electron chi connectivity index (χ2n) is 6.11. The van der Waals surface area contributed by atoms with Crippen LogP contribution in [0.25, 0.3) is 10.8 Å². The van der Waals surface area contributed by atoms with E-state index in [4.69, 9.17) is 0 Å². The van der Waals surface area contributed by atoms with E-state index >= 15 is 4.39 Å². The smallest absolute Gasteiger partial charge is 0.326 e. The van der Waals surface area contributed by atoms with Crippen molar-refractivity contribution in [3.05, 3.63) is 35.6 Å². The van der Waals surface area contributed by atoms with Crippen LogP contribution in [0.15, 0.2) is 24.3 Å². The van der Waals surface area contributed by atoms with Gasteiger partial charge in [-0.15, -0.1) is 0 Å². The molecule has 2 aromatic carbocycles. The van der Waals surface area contributed by atoms with Crippen LogP contribution in [0.3, 0.4) is 0 Å². The van der Waals surface area contributed by atoms with Crippen LogP contribution in [-0.4, -0.2) is 39.1 Å². The summed E-state index contributed by atoms with van der Waals surface area (Å²) >= 11 is 0. The quantitative estimate of drug-likeness (QED) is 0.657. The van der Waals surface area contributed by atoms with Crippen LogP contribution in [0.2, 0.25) is 0 Å². The number of rotatable bonds is 6. The van der Waals surface area contributed by atoms with E-state index in [0.29, 0.717) is 9.69 Å². The summed E-state index contributed by atoms with van der Waals surface area (Å²) in [5.41, 5.74) is 0.394. The van der Waals surface area contributed by atoms with E-state index in [-0.39, 0.29) is 5.39 Å². The number of halogens is 1. The van der Waals surface area contributed by atoms with Gasteiger partial charge in [0.15, 0.2) is 5.82 Å². The Morgan fingerprint density at radius 1 is 1.35 bits per heavy atom. The van der Waals surface area contributed by atoms with Crippen LogP contribution in [0, 0.1) is 5.82 Å². The summed E-state index contributed by atoms with van der Waals surface area (Å²) in [6, 6.07) is 6.49. The minimum Gasteiger partial charge on any atom is -0.506 e. The van der Waals surface area contributed by atoms with Crippen LogP contribution in [0.4, 0.5) is 10.1 Å². The number of nitrogens with one attached hydrogen (secondary N) is 2. The molecule has 0 spiro atoms. The molecule has 0 unspecified atom stereocenters. The Morgan fingerprint density at radius 2 is 2.12 bits per heavy atom. The summed E-state index contributed by atoms with van der Waals surface area (Å²) in [5, 5.41) is 14.0. The zero-order chi connectivity index (χ0) is 18.9. The number of aromatic hydroxyl groups is 1. The fourth-order valence-electron chi connectivity index (χ4n) is 3.01. The SMILES string of the molecule is CCNCCCc1ccc2cc(O)c(N3CC(=O)NS3(=O)=O)c(F)c2c1. The van der Waals surface area contributed by atoms with E-state index in [1.54, 1.807) is 16.9 Å². The van der Waals surface area contributed by atoms with E-state index in [1.807, 2.05) is 13.0 Å². The number of amides is 1. The molecule has 0 aliphatic carbocycles. The standard InChI is InChI=1S/C17H20FN3O4S/c1-2-19-7-3-4-11-5-6-12-9-14(22)17(16(18)13(12)8-11)21-10-15(23)20-26(21,24)25/h5-6,8-9,19,22H,2-4,7,10H2,1H3,(H,20,23). The monoisotopic (exact) mass is 381 g/mol. The molecular weight excluding hydrogens is 361 g/mol. The number of phenolic OH excluding ortho intramolecular Hbond substituents is 1. The Hall–Kier alpha value is -2.39. The first-order valence-electron chi connectivity index (χ1n) is 8.31. The first-order chi connectivity index (χ1) is 12.3. The zero-order valence-electron chi connectivity index (χ0n) is 14.3. The first-order valence-corrected chi connectivity index (χ1v) is 9.75. The highest BCUT2D eigenvalue weighted by Crippen LogP contribution is 2.38. The van der Waals surface area contributed by atoms with E-state index in [1.165, 1.54) is 6.07 Å². The molecule has 1 heterocycles. The van der Waals surface area contributed by atoms with Gasteiger partial charge < -0.3 is 10.4 Å². The molecule has 0 atom stereocenters. The second kappa shape index (κ2) is 7.08. The van der Waals surface area contributed by atoms with Gasteiger partial charge in [-0.1, -0.05) is 19.1 Å². The van der Waals surface area contributed by atoms with E-state index in [9.17, 15) is 18.3 Å². The van der Waals surface area contributed by atoms with E-state index in [0.717, 1.165) is 31.5 Å². The van der Waals surface area contributed by atoms with Crippen LogP contribution >= 0.6 is 0 Å². The molecule has 2 aromatic rings. The van der Waals surface area contributed by atoms with Gasteiger partial charge in [0, 0.05) is 5.39 Å². The van der Waals surface area contributed by atoms with Crippen molar-refractivity contribution in [2.75, 3.05) is 23.9 Å². The molecule has 3 rings (SSSR count). The average molecular weight is 381 g/mol. The third-order valence-electron chi connectivity index (χ3n) is 4.24. The van der Waals surface area contributed by atoms with Crippen LogP contribution in [0.1, 0.15) is 18.9 Å². The lowest BCUT2D eigenvalue weighted by molar-refractivity contribution is -0.117. The number of hydrogen-bond donors (Lipinski definition) is 3. The highest BCUT2D eigenvalue weighted by atomic mass is 32.2. The molecular formula is C17H20FN3O4S. The van der Waals surface area contributed by atoms with Gasteiger partial charge in [-0.3, -0.25) is 4.79 Å². The molecule has 7 nitrogen and oxygen atoms in total. The lowest BCUT2D eigenvalue weighted by Crippen LogP contribution is -2.30. The molecule has 0 bridgehead atoms. The molecule has 1 saturated heterocycles. The average Bonchev–Trinajstić information content (AvgIpc) is 2.84. The summed E-state index contributed by atoms with van der Waals surface area (Å²) in [7, 11) is -4.21. The number of hydrogen-bond acceptors (Lipinski definition) is 5. The summed E-state index contributed by atoms with van der Waals surface area (Å²) in [5.74, 6) is -2.18. The van der Waals surface area contributed by atoms with Gasteiger partial charge in [-0.2, -0.15) is 8.42 Å². The number of phenols is 1. The fraction of sp³-hybridized carbons (Fsp3) is 0.353. The number of benzene rings is 2. The predicted molar refractivity (Wildman–Crippen MR) is 96.8 cm³/mol. The Kier molecular flexibility index (Phi) is 5.01. The Labute approximate surface area is 151 Å². The van der Waals surface area contributed by atoms with Crippen molar-refractivity contribution in [1.82, 2.24) is 10.0 Å². The number of nitrogens with zero attached hydrogens (tertiary/aromatic N) is 1. The molecule has 3 N–H and O–H groups in total. The van der Waals surface area contributed by atoms with Gasteiger partial charge >= 0.3 is 10.2 Å². The molecule has 9 heteroatoms. The lowest BCUT2D eigenvalue weighted by Gasteiger charge is -2.18. The number of anilines is 1. The molecule has 1 amide bonds. The molecule has 0 aromatic heterocycles. The largest absolute Gasteiger partial charge is 0.506 e. The number of carbonyl (C=O) groups is 1. The number of carbonyl (C=O) groups excluding carboxylic acids is 1. The topological polar surface area (TPSA) is 98.7 Å². The van der Waals surface area contributed by atoms with E-state index in [2.05, 4.69) is 5.32 Å². The van der Waals surface area contributed by atoms with Gasteiger partial charge in [0.05, 0.1) is 0 Å². The molecule has 1 aliphatic heterocycles. The Morgan fingerprint density at radius 3 is 2.77 bits per heavy atom. The lowest BCUT2D eigenvalue weighted by atomic mass is 10.0. The van der Waals surface area contributed by atoms with Crippen LogP contribution < -0.4 is 14.3 Å². The van der Waals surface area contributed by atoms with Gasteiger partial charge in [0.1, 0.15) is 18.0 Å². The summed E-state index contributed by atoms with van der Waals surface area (Å²) in [4.78, 5) is 11.4. The van der Waals surface area contributed by atoms with Gasteiger partial charge in [-0.25, -0.2) is 13.4 Å². The van der Waals surface area contributed by atoms with Crippen molar-refractivity contribution >= 4 is 32.6 Å². The first kappa shape index (κ1) is 18.4. The zero-order valence-corrected chi connectivity index (χ0v) is 15.1. The maximum Gasteiger partial charge on any atom is 0.326 e. The van der Waals surface area contributed by atoms with E-state index < -0.39 is 39.9 Å². The Bertz CT molecular complexity index is 962. The fourth-order valence-corrected chi connectivity index (χ4v) is 4.17. The number of aryl methyl sites for hydroxylation is 1. The van der Waals surface area contributed by atoms with Crippen LogP contribution in [-0.2, 0) is 21.4 Å². The third-order valence-corrected chi connectivity index (χ3v) is 5.61. The van der Waals surface area contributed by atoms with Crippen molar-refractivity contribution < 1.29 is 22.7 Å². The molecule has 0 radical (unpaired) electrons. The highest BCUT2D eigenvalue weighted by molar-refractivity contribution is 7.92. The van der Waals surface area contributed by atoms with Crippen molar-refractivity contribution in [2.24, 2.45) is 0 Å². The van der Waals surface area contributed by atoms with Crippen molar-refractivity contribution in [2.45, 2.75) is 19.8 Å². The van der Waals surface area contributed by atoms with Crippen molar-refractivity contribution in [1.29, 1.82) is 0 Å². The predicted octanol–water partition coefficient (Wildman–Crippen LogP) is 1.41. The molecule has 26 heavy (non-hydrogen) atoms. The normalized spacial score (nSPS) is 16.2. The molecule has 1 fully saturated rings. The molecule has 140 valence electrons. The third kappa shape index (κ3) is 3.45. The highest BCUT2D eigenvalue weighted by Gasteiger charge is 2.37. The molecule has 1 aliphatic rings. The maximum absolute atomic E-state index is 15.1. The van der Waals surface area contributed by atoms with Crippen molar-refractivity contribution in [3.8, 4) is 5.75 Å². The van der Waals surface area contributed by atoms with Gasteiger partial charge in [0.25, 0.3) is 5.91 Å². The number of fused-ring (bicyclic) bond motifs is 1. The summed E-state index contributed by atoms with van der Waals surface area (Å²) in [6.07, 6.45) is 1.62. The second-order valence-corrected chi connectivity index (χ2v) is 7.70. The minimum absolute atomic E-state index is 0.202. The minimum atomic E-state index is -4.21. The van der Waals surface area contributed by atoms with Gasteiger partial charge in [0.2, 0.25) is 0 Å². The van der Waals surface area contributed by atoms with Crippen LogP contribution in [0.5, 0.6) is 5.75 Å². The molecule has 0 saturated carbocycles. The maximum atomic E-state index is 15.1. The Balaban J connectivity index is 2.01. The summed E-state index contributed by atoms with van der Waals surface area (Å²) in [6.45, 7) is 3.18.